The van der Waals surface area contributed by atoms with Gasteiger partial charge in [-0.1, -0.05) is 11.6 Å². The molecule has 1 amide bonds. The second-order valence-electron chi connectivity index (χ2n) is 5.17. The maximum atomic E-state index is 12.1. The van der Waals surface area contributed by atoms with Gasteiger partial charge in [0.1, 0.15) is 5.75 Å². The Morgan fingerprint density at radius 3 is 2.00 bits per heavy atom. The van der Waals surface area contributed by atoms with E-state index in [9.17, 15) is 4.79 Å². The van der Waals surface area contributed by atoms with Gasteiger partial charge >= 0.3 is 0 Å². The highest BCUT2D eigenvalue weighted by Gasteiger charge is 2.14. The monoisotopic (exact) mass is 380 g/mol. The van der Waals surface area contributed by atoms with Crippen LogP contribution in [0.3, 0.4) is 0 Å². The maximum Gasteiger partial charge on any atom is 0.243 e. The summed E-state index contributed by atoms with van der Waals surface area (Å²) in [5, 5.41) is 6.19. The van der Waals surface area contributed by atoms with E-state index in [1.807, 2.05) is 0 Å². The predicted molar refractivity (Wildman–Crippen MR) is 101 cm³/mol. The van der Waals surface area contributed by atoms with Gasteiger partial charge in [-0.15, -0.1) is 0 Å². The minimum absolute atomic E-state index is 0.0439. The molecule has 140 valence electrons. The zero-order chi connectivity index (χ0) is 19.1. The van der Waals surface area contributed by atoms with Crippen molar-refractivity contribution in [3.63, 3.8) is 0 Å². The molecule has 0 radical (unpaired) electrons. The molecular weight excluding hydrogens is 360 g/mol. The highest BCUT2D eigenvalue weighted by molar-refractivity contribution is 6.32. The van der Waals surface area contributed by atoms with Crippen LogP contribution < -0.4 is 29.6 Å². The summed E-state index contributed by atoms with van der Waals surface area (Å²) >= 11 is 6.05. The third-order valence-electron chi connectivity index (χ3n) is 3.55. The number of rotatable bonds is 8. The van der Waals surface area contributed by atoms with Crippen molar-refractivity contribution in [2.24, 2.45) is 0 Å². The Labute approximate surface area is 157 Å². The Morgan fingerprint density at radius 2 is 1.50 bits per heavy atom. The molecule has 0 unspecified atom stereocenters. The van der Waals surface area contributed by atoms with E-state index >= 15 is 0 Å². The first kappa shape index (κ1) is 19.5. The van der Waals surface area contributed by atoms with E-state index in [1.54, 1.807) is 30.3 Å². The smallest absolute Gasteiger partial charge is 0.243 e. The quantitative estimate of drug-likeness (QED) is 0.730. The van der Waals surface area contributed by atoms with Crippen molar-refractivity contribution < 1.29 is 23.7 Å². The molecule has 26 heavy (non-hydrogen) atoms. The van der Waals surface area contributed by atoms with Crippen molar-refractivity contribution in [1.29, 1.82) is 0 Å². The van der Waals surface area contributed by atoms with Gasteiger partial charge in [-0.3, -0.25) is 4.79 Å². The number of hydrogen-bond acceptors (Lipinski definition) is 6. The van der Waals surface area contributed by atoms with Crippen LogP contribution in [0.15, 0.2) is 30.3 Å². The molecule has 0 saturated heterocycles. The van der Waals surface area contributed by atoms with Crippen LogP contribution >= 0.6 is 11.6 Å². The van der Waals surface area contributed by atoms with Crippen molar-refractivity contribution in [1.82, 2.24) is 0 Å². The van der Waals surface area contributed by atoms with Gasteiger partial charge in [-0.05, 0) is 18.2 Å². The topological polar surface area (TPSA) is 78.1 Å². The van der Waals surface area contributed by atoms with Crippen LogP contribution in [0.25, 0.3) is 0 Å². The van der Waals surface area contributed by atoms with Crippen molar-refractivity contribution in [2.75, 3.05) is 45.6 Å². The maximum absolute atomic E-state index is 12.1. The van der Waals surface area contributed by atoms with Crippen molar-refractivity contribution in [3.05, 3.63) is 35.4 Å². The summed E-state index contributed by atoms with van der Waals surface area (Å²) < 4.78 is 20.9. The fourth-order valence-corrected chi connectivity index (χ4v) is 2.57. The molecule has 2 aromatic carbocycles. The zero-order valence-electron chi connectivity index (χ0n) is 15.0. The van der Waals surface area contributed by atoms with Crippen LogP contribution in [-0.2, 0) is 4.79 Å². The largest absolute Gasteiger partial charge is 0.495 e. The lowest BCUT2D eigenvalue weighted by molar-refractivity contribution is -0.114. The van der Waals surface area contributed by atoms with Crippen LogP contribution in [-0.4, -0.2) is 40.9 Å². The Kier molecular flexibility index (Phi) is 6.80. The molecule has 0 fully saturated rings. The number of carbonyl (C=O) groups excluding carboxylic acids is 1. The molecule has 2 aromatic rings. The molecule has 2 N–H and O–H groups in total. The molecule has 0 heterocycles. The van der Waals surface area contributed by atoms with Crippen molar-refractivity contribution in [2.45, 2.75) is 0 Å². The van der Waals surface area contributed by atoms with Gasteiger partial charge in [0.2, 0.25) is 11.7 Å². The molecule has 0 aliphatic heterocycles. The first-order chi connectivity index (χ1) is 12.5. The molecule has 0 atom stereocenters. The number of carbonyl (C=O) groups is 1. The Morgan fingerprint density at radius 1 is 0.885 bits per heavy atom. The molecule has 0 aromatic heterocycles. The van der Waals surface area contributed by atoms with Gasteiger partial charge in [-0.25, -0.2) is 0 Å². The number of ether oxygens (including phenoxy) is 4. The molecule has 0 saturated carbocycles. The lowest BCUT2D eigenvalue weighted by atomic mass is 10.2. The van der Waals surface area contributed by atoms with Gasteiger partial charge in [0, 0.05) is 23.5 Å². The van der Waals surface area contributed by atoms with Gasteiger partial charge in [0.25, 0.3) is 0 Å². The number of anilines is 2. The van der Waals surface area contributed by atoms with E-state index < -0.39 is 0 Å². The summed E-state index contributed by atoms with van der Waals surface area (Å²) in [5.74, 6) is 1.78. The number of methoxy groups -OCH3 is 4. The zero-order valence-corrected chi connectivity index (χ0v) is 15.8. The number of nitrogens with one attached hydrogen (secondary N) is 2. The van der Waals surface area contributed by atoms with Crippen LogP contribution in [0.5, 0.6) is 23.0 Å². The third kappa shape index (κ3) is 4.64. The first-order valence-electron chi connectivity index (χ1n) is 7.69. The summed E-state index contributed by atoms with van der Waals surface area (Å²) in [7, 11) is 6.12. The molecular formula is C18H21ClN2O5. The molecule has 0 bridgehead atoms. The van der Waals surface area contributed by atoms with E-state index in [1.165, 1.54) is 28.4 Å². The number of halogens is 1. The molecule has 8 heteroatoms. The van der Waals surface area contributed by atoms with Crippen LogP contribution in [0.2, 0.25) is 5.02 Å². The summed E-state index contributed by atoms with van der Waals surface area (Å²) in [5.41, 5.74) is 1.23. The van der Waals surface area contributed by atoms with E-state index in [0.29, 0.717) is 39.4 Å². The van der Waals surface area contributed by atoms with Crippen molar-refractivity contribution in [3.8, 4) is 23.0 Å². The third-order valence-corrected chi connectivity index (χ3v) is 3.85. The summed E-state index contributed by atoms with van der Waals surface area (Å²) in [6.45, 7) is 0.0439. The standard InChI is InChI=1S/C18H21ClN2O5/c1-23-14-6-5-11(7-13(14)19)21-17(22)10-20-12-8-15(24-2)18(26-4)16(9-12)25-3/h5-9,20H,10H2,1-4H3,(H,21,22). The summed E-state index contributed by atoms with van der Waals surface area (Å²) in [6, 6.07) is 8.46. The minimum atomic E-state index is -0.236. The Hall–Kier alpha value is -2.80. The lowest BCUT2D eigenvalue weighted by Gasteiger charge is -2.15. The normalized spacial score (nSPS) is 10.0. The first-order valence-corrected chi connectivity index (χ1v) is 8.07. The Bertz CT molecular complexity index is 757. The Balaban J connectivity index is 2.04. The predicted octanol–water partition coefficient (Wildman–Crippen LogP) is 3.43. The number of benzene rings is 2. The van der Waals surface area contributed by atoms with E-state index in [4.69, 9.17) is 30.5 Å². The van der Waals surface area contributed by atoms with E-state index in [2.05, 4.69) is 10.6 Å². The highest BCUT2D eigenvalue weighted by atomic mass is 35.5. The minimum Gasteiger partial charge on any atom is -0.495 e. The molecule has 2 rings (SSSR count). The SMILES string of the molecule is COc1ccc(NC(=O)CNc2cc(OC)c(OC)c(OC)c2)cc1Cl. The fraction of sp³-hybridized carbons (Fsp3) is 0.278. The summed E-state index contributed by atoms with van der Waals surface area (Å²) in [6.07, 6.45) is 0. The molecule has 0 aliphatic carbocycles. The van der Waals surface area contributed by atoms with Gasteiger partial charge in [-0.2, -0.15) is 0 Å². The molecule has 0 spiro atoms. The van der Waals surface area contributed by atoms with Gasteiger partial charge in [0.05, 0.1) is 40.0 Å². The van der Waals surface area contributed by atoms with Crippen LogP contribution in [0, 0.1) is 0 Å². The average molecular weight is 381 g/mol. The lowest BCUT2D eigenvalue weighted by Crippen LogP contribution is -2.21. The average Bonchev–Trinajstić information content (AvgIpc) is 2.65. The van der Waals surface area contributed by atoms with E-state index in [0.717, 1.165) is 0 Å². The molecule has 0 aliphatic rings. The summed E-state index contributed by atoms with van der Waals surface area (Å²) in [4.78, 5) is 12.1. The van der Waals surface area contributed by atoms with Crippen molar-refractivity contribution >= 4 is 28.9 Å². The van der Waals surface area contributed by atoms with E-state index in [-0.39, 0.29) is 12.5 Å². The van der Waals surface area contributed by atoms with Crippen LogP contribution in [0.1, 0.15) is 0 Å². The second kappa shape index (κ2) is 9.05. The molecule has 7 nitrogen and oxygen atoms in total. The van der Waals surface area contributed by atoms with Gasteiger partial charge in [0.15, 0.2) is 11.5 Å². The number of hydrogen-bond donors (Lipinski definition) is 2. The van der Waals surface area contributed by atoms with Crippen LogP contribution in [0.4, 0.5) is 11.4 Å². The fourth-order valence-electron chi connectivity index (χ4n) is 2.31. The van der Waals surface area contributed by atoms with Gasteiger partial charge < -0.3 is 29.6 Å². The second-order valence-corrected chi connectivity index (χ2v) is 5.57. The number of amides is 1. The highest BCUT2D eigenvalue weighted by Crippen LogP contribution is 2.39.